The van der Waals surface area contributed by atoms with Gasteiger partial charge in [0.05, 0.1) is 4.47 Å². The summed E-state index contributed by atoms with van der Waals surface area (Å²) in [5.74, 6) is 1.53. The lowest BCUT2D eigenvalue weighted by atomic mass is 9.98. The average molecular weight is 321 g/mol. The number of benzene rings is 1. The Labute approximate surface area is 121 Å². The van der Waals surface area contributed by atoms with Crippen molar-refractivity contribution in [3.8, 4) is 0 Å². The second kappa shape index (κ2) is 6.52. The number of aromatic nitrogens is 2. The summed E-state index contributed by atoms with van der Waals surface area (Å²) in [5, 5.41) is 3.28. The standard InChI is InChI=1S/C14H17BrN4/c1-10(11-5-3-2-4-6-11)7-8-17-13-12(15)9-18-14(16)19-13/h2-6,9-10H,7-8H2,1H3,(H3,16,17,18,19). The van der Waals surface area contributed by atoms with E-state index in [1.54, 1.807) is 6.20 Å². The Morgan fingerprint density at radius 1 is 1.32 bits per heavy atom. The van der Waals surface area contributed by atoms with Gasteiger partial charge in [-0.3, -0.25) is 0 Å². The number of rotatable bonds is 5. The first kappa shape index (κ1) is 13.8. The second-order valence-electron chi connectivity index (χ2n) is 4.45. The third-order valence-corrected chi connectivity index (χ3v) is 3.58. The molecule has 3 N–H and O–H groups in total. The molecule has 0 saturated carbocycles. The van der Waals surface area contributed by atoms with Crippen LogP contribution in [-0.2, 0) is 0 Å². The van der Waals surface area contributed by atoms with Crippen molar-refractivity contribution in [2.75, 3.05) is 17.6 Å². The first-order chi connectivity index (χ1) is 9.16. The van der Waals surface area contributed by atoms with Gasteiger partial charge in [0.25, 0.3) is 0 Å². The molecular weight excluding hydrogens is 304 g/mol. The molecule has 4 nitrogen and oxygen atoms in total. The maximum absolute atomic E-state index is 5.57. The Kier molecular flexibility index (Phi) is 4.74. The highest BCUT2D eigenvalue weighted by atomic mass is 79.9. The van der Waals surface area contributed by atoms with Crippen molar-refractivity contribution < 1.29 is 0 Å². The van der Waals surface area contributed by atoms with Gasteiger partial charge in [0.2, 0.25) is 5.95 Å². The summed E-state index contributed by atoms with van der Waals surface area (Å²) in [6.07, 6.45) is 2.69. The molecule has 0 amide bonds. The maximum Gasteiger partial charge on any atom is 0.221 e. The Hall–Kier alpha value is -1.62. The topological polar surface area (TPSA) is 63.8 Å². The summed E-state index contributed by atoms with van der Waals surface area (Å²) in [6.45, 7) is 3.06. The quantitative estimate of drug-likeness (QED) is 0.885. The summed E-state index contributed by atoms with van der Waals surface area (Å²) in [6, 6.07) is 10.5. The van der Waals surface area contributed by atoms with Crippen LogP contribution in [0.5, 0.6) is 0 Å². The third-order valence-electron chi connectivity index (χ3n) is 3.00. The number of halogens is 1. The maximum atomic E-state index is 5.57. The highest BCUT2D eigenvalue weighted by Crippen LogP contribution is 2.21. The van der Waals surface area contributed by atoms with Gasteiger partial charge < -0.3 is 11.1 Å². The van der Waals surface area contributed by atoms with Crippen molar-refractivity contribution in [3.63, 3.8) is 0 Å². The molecule has 0 saturated heterocycles. The van der Waals surface area contributed by atoms with Crippen LogP contribution >= 0.6 is 15.9 Å². The van der Waals surface area contributed by atoms with Gasteiger partial charge in [0, 0.05) is 12.7 Å². The molecule has 0 fully saturated rings. The van der Waals surface area contributed by atoms with Crippen molar-refractivity contribution in [1.82, 2.24) is 9.97 Å². The Morgan fingerprint density at radius 3 is 2.79 bits per heavy atom. The molecule has 1 atom stereocenters. The van der Waals surface area contributed by atoms with Gasteiger partial charge in [-0.15, -0.1) is 0 Å². The summed E-state index contributed by atoms with van der Waals surface area (Å²) in [4.78, 5) is 8.06. The highest BCUT2D eigenvalue weighted by molar-refractivity contribution is 9.10. The summed E-state index contributed by atoms with van der Waals surface area (Å²) in [5.41, 5.74) is 6.92. The predicted octanol–water partition coefficient (Wildman–Crippen LogP) is 3.43. The van der Waals surface area contributed by atoms with Crippen LogP contribution in [0.25, 0.3) is 0 Å². The normalized spacial score (nSPS) is 12.1. The number of hydrogen-bond donors (Lipinski definition) is 2. The molecule has 1 unspecified atom stereocenters. The van der Waals surface area contributed by atoms with E-state index in [9.17, 15) is 0 Å². The lowest BCUT2D eigenvalue weighted by Gasteiger charge is -2.13. The Bertz CT molecular complexity index is 530. The van der Waals surface area contributed by atoms with Gasteiger partial charge in [-0.2, -0.15) is 4.98 Å². The fourth-order valence-corrected chi connectivity index (χ4v) is 2.19. The average Bonchev–Trinajstić information content (AvgIpc) is 2.43. The summed E-state index contributed by atoms with van der Waals surface area (Å²) < 4.78 is 0.828. The third kappa shape index (κ3) is 3.92. The molecule has 0 radical (unpaired) electrons. The molecule has 19 heavy (non-hydrogen) atoms. The fourth-order valence-electron chi connectivity index (χ4n) is 1.86. The number of nitrogens with zero attached hydrogens (tertiary/aromatic N) is 2. The van der Waals surface area contributed by atoms with Crippen LogP contribution in [0.1, 0.15) is 24.8 Å². The molecule has 1 aromatic heterocycles. The molecule has 100 valence electrons. The van der Waals surface area contributed by atoms with E-state index in [2.05, 4.69) is 62.4 Å². The van der Waals surface area contributed by atoms with Crippen LogP contribution in [0.4, 0.5) is 11.8 Å². The molecular formula is C14H17BrN4. The molecule has 2 rings (SSSR count). The Morgan fingerprint density at radius 2 is 2.05 bits per heavy atom. The first-order valence-electron chi connectivity index (χ1n) is 6.23. The van der Waals surface area contributed by atoms with Crippen LogP contribution in [0.15, 0.2) is 41.0 Å². The van der Waals surface area contributed by atoms with Crippen LogP contribution in [0.2, 0.25) is 0 Å². The molecule has 0 aliphatic rings. The fraction of sp³-hybridized carbons (Fsp3) is 0.286. The van der Waals surface area contributed by atoms with E-state index in [0.717, 1.165) is 23.3 Å². The van der Waals surface area contributed by atoms with Crippen molar-refractivity contribution in [2.24, 2.45) is 0 Å². The van der Waals surface area contributed by atoms with E-state index in [4.69, 9.17) is 5.73 Å². The van der Waals surface area contributed by atoms with E-state index in [0.29, 0.717) is 5.92 Å². The number of nitrogens with one attached hydrogen (secondary N) is 1. The minimum absolute atomic E-state index is 0.279. The lowest BCUT2D eigenvalue weighted by Crippen LogP contribution is -2.09. The lowest BCUT2D eigenvalue weighted by molar-refractivity contribution is 0.704. The minimum Gasteiger partial charge on any atom is -0.369 e. The number of nitrogen functional groups attached to an aromatic ring is 1. The van der Waals surface area contributed by atoms with Crippen LogP contribution in [-0.4, -0.2) is 16.5 Å². The van der Waals surface area contributed by atoms with Crippen LogP contribution in [0, 0.1) is 0 Å². The zero-order chi connectivity index (χ0) is 13.7. The summed E-state index contributed by atoms with van der Waals surface area (Å²) >= 11 is 3.40. The van der Waals surface area contributed by atoms with Gasteiger partial charge in [-0.05, 0) is 33.8 Å². The van der Waals surface area contributed by atoms with E-state index in [-0.39, 0.29) is 5.95 Å². The van der Waals surface area contributed by atoms with E-state index in [1.165, 1.54) is 5.56 Å². The number of hydrogen-bond acceptors (Lipinski definition) is 4. The van der Waals surface area contributed by atoms with Crippen molar-refractivity contribution in [2.45, 2.75) is 19.3 Å². The van der Waals surface area contributed by atoms with Crippen molar-refractivity contribution in [3.05, 3.63) is 46.6 Å². The molecule has 5 heteroatoms. The molecule has 0 spiro atoms. The highest BCUT2D eigenvalue weighted by Gasteiger charge is 2.06. The van der Waals surface area contributed by atoms with Crippen molar-refractivity contribution in [1.29, 1.82) is 0 Å². The van der Waals surface area contributed by atoms with Gasteiger partial charge in [-0.25, -0.2) is 4.98 Å². The first-order valence-corrected chi connectivity index (χ1v) is 7.03. The molecule has 2 aromatic rings. The van der Waals surface area contributed by atoms with Gasteiger partial charge in [0.15, 0.2) is 0 Å². The Balaban J connectivity index is 1.88. The number of nitrogens with two attached hydrogens (primary N) is 1. The SMILES string of the molecule is CC(CCNc1nc(N)ncc1Br)c1ccccc1. The molecule has 0 bridgehead atoms. The molecule has 1 heterocycles. The van der Waals surface area contributed by atoms with E-state index >= 15 is 0 Å². The second-order valence-corrected chi connectivity index (χ2v) is 5.31. The zero-order valence-electron chi connectivity index (χ0n) is 10.8. The van der Waals surface area contributed by atoms with Crippen LogP contribution in [0.3, 0.4) is 0 Å². The zero-order valence-corrected chi connectivity index (χ0v) is 12.4. The molecule has 1 aromatic carbocycles. The van der Waals surface area contributed by atoms with Crippen molar-refractivity contribution >= 4 is 27.7 Å². The monoisotopic (exact) mass is 320 g/mol. The van der Waals surface area contributed by atoms with Crippen LogP contribution < -0.4 is 11.1 Å². The van der Waals surface area contributed by atoms with Gasteiger partial charge >= 0.3 is 0 Å². The van der Waals surface area contributed by atoms with E-state index in [1.807, 2.05) is 6.07 Å². The summed E-state index contributed by atoms with van der Waals surface area (Å²) in [7, 11) is 0. The van der Waals surface area contributed by atoms with E-state index < -0.39 is 0 Å². The largest absolute Gasteiger partial charge is 0.369 e. The number of anilines is 2. The predicted molar refractivity (Wildman–Crippen MR) is 82.1 cm³/mol. The molecule has 0 aliphatic heterocycles. The molecule has 0 aliphatic carbocycles. The minimum atomic E-state index is 0.279. The van der Waals surface area contributed by atoms with Gasteiger partial charge in [0.1, 0.15) is 5.82 Å². The smallest absolute Gasteiger partial charge is 0.221 e. The van der Waals surface area contributed by atoms with Gasteiger partial charge in [-0.1, -0.05) is 37.3 Å².